The van der Waals surface area contributed by atoms with E-state index in [0.717, 1.165) is 35.5 Å². The average Bonchev–Trinajstić information content (AvgIpc) is 2.89. The summed E-state index contributed by atoms with van der Waals surface area (Å²) >= 11 is 0. The number of hydrogen-bond acceptors (Lipinski definition) is 3. The van der Waals surface area contributed by atoms with Crippen molar-refractivity contribution >= 4 is 11.4 Å². The van der Waals surface area contributed by atoms with Crippen LogP contribution in [0.25, 0.3) is 0 Å². The number of rotatable bonds is 3. The number of anilines is 2. The Morgan fingerprint density at radius 1 is 1.24 bits per heavy atom. The highest BCUT2D eigenvalue weighted by molar-refractivity contribution is 5.74. The highest BCUT2D eigenvalue weighted by atomic mass is 19.1. The topological polar surface area (TPSA) is 32.7 Å². The first-order valence-electron chi connectivity index (χ1n) is 7.02. The Labute approximate surface area is 123 Å². The van der Waals surface area contributed by atoms with Crippen molar-refractivity contribution in [1.82, 2.24) is 0 Å². The quantitative estimate of drug-likeness (QED) is 0.936. The highest BCUT2D eigenvalue weighted by Gasteiger charge is 2.25. The predicted octanol–water partition coefficient (Wildman–Crippen LogP) is 3.58. The lowest BCUT2D eigenvalue weighted by Gasteiger charge is -2.25. The lowest BCUT2D eigenvalue weighted by Crippen LogP contribution is -2.16. The van der Waals surface area contributed by atoms with Crippen molar-refractivity contribution in [2.45, 2.75) is 19.4 Å². The van der Waals surface area contributed by atoms with Crippen LogP contribution in [0.4, 0.5) is 15.8 Å². The number of aliphatic hydroxyl groups excluding tert-OH is 1. The molecule has 0 saturated heterocycles. The van der Waals surface area contributed by atoms with E-state index in [4.69, 9.17) is 4.74 Å². The normalized spacial score (nSPS) is 15.0. The van der Waals surface area contributed by atoms with Gasteiger partial charge in [-0.15, -0.1) is 0 Å². The first-order valence-corrected chi connectivity index (χ1v) is 7.02. The van der Waals surface area contributed by atoms with Gasteiger partial charge in [0.15, 0.2) is 0 Å². The Morgan fingerprint density at radius 2 is 2.05 bits per heavy atom. The van der Waals surface area contributed by atoms with Gasteiger partial charge in [0.05, 0.1) is 18.9 Å². The van der Waals surface area contributed by atoms with Gasteiger partial charge < -0.3 is 14.7 Å². The van der Waals surface area contributed by atoms with Crippen LogP contribution in [-0.2, 0) is 6.42 Å². The summed E-state index contributed by atoms with van der Waals surface area (Å²) in [5, 5.41) is 10.1. The van der Waals surface area contributed by atoms with Gasteiger partial charge in [0, 0.05) is 17.8 Å². The van der Waals surface area contributed by atoms with Gasteiger partial charge in [-0.3, -0.25) is 0 Å². The number of benzene rings is 2. The number of ether oxygens (including phenoxy) is 1. The fourth-order valence-corrected chi connectivity index (χ4v) is 2.97. The first kappa shape index (κ1) is 13.9. The van der Waals surface area contributed by atoms with E-state index in [1.54, 1.807) is 20.1 Å². The molecule has 1 aliphatic rings. The molecule has 21 heavy (non-hydrogen) atoms. The molecule has 0 radical (unpaired) electrons. The van der Waals surface area contributed by atoms with E-state index < -0.39 is 6.10 Å². The highest BCUT2D eigenvalue weighted by Crippen LogP contribution is 2.41. The molecule has 0 fully saturated rings. The standard InChI is InChI=1S/C17H18FNO2/c1-11(20)17-14(4-3-5-16(17)21-2)19-9-8-12-6-7-13(18)10-15(12)19/h3-7,10-11,20H,8-9H2,1-2H3. The molecule has 0 aliphatic carbocycles. The van der Waals surface area contributed by atoms with E-state index in [1.807, 2.05) is 29.2 Å². The molecule has 0 aromatic heterocycles. The summed E-state index contributed by atoms with van der Waals surface area (Å²) < 4.78 is 18.9. The second-order valence-electron chi connectivity index (χ2n) is 5.24. The van der Waals surface area contributed by atoms with Crippen molar-refractivity contribution in [1.29, 1.82) is 0 Å². The van der Waals surface area contributed by atoms with Gasteiger partial charge in [-0.2, -0.15) is 0 Å². The second-order valence-corrected chi connectivity index (χ2v) is 5.24. The monoisotopic (exact) mass is 287 g/mol. The van der Waals surface area contributed by atoms with Crippen LogP contribution in [0.3, 0.4) is 0 Å². The Bertz CT molecular complexity index is 670. The largest absolute Gasteiger partial charge is 0.496 e. The van der Waals surface area contributed by atoms with Gasteiger partial charge in [0.1, 0.15) is 11.6 Å². The van der Waals surface area contributed by atoms with Crippen LogP contribution >= 0.6 is 0 Å². The molecule has 4 heteroatoms. The van der Waals surface area contributed by atoms with Crippen LogP contribution in [0.5, 0.6) is 5.75 Å². The first-order chi connectivity index (χ1) is 10.1. The van der Waals surface area contributed by atoms with Crippen molar-refractivity contribution in [3.05, 3.63) is 53.3 Å². The molecule has 1 N–H and O–H groups in total. The second kappa shape index (κ2) is 5.37. The zero-order valence-corrected chi connectivity index (χ0v) is 12.1. The van der Waals surface area contributed by atoms with Crippen molar-refractivity contribution in [3.8, 4) is 5.75 Å². The van der Waals surface area contributed by atoms with E-state index in [-0.39, 0.29) is 5.82 Å². The van der Waals surface area contributed by atoms with Gasteiger partial charge in [-0.25, -0.2) is 4.39 Å². The van der Waals surface area contributed by atoms with Crippen molar-refractivity contribution in [2.24, 2.45) is 0 Å². The van der Waals surface area contributed by atoms with Crippen LogP contribution in [0, 0.1) is 5.82 Å². The molecule has 1 unspecified atom stereocenters. The minimum atomic E-state index is -0.659. The number of hydrogen-bond donors (Lipinski definition) is 1. The smallest absolute Gasteiger partial charge is 0.126 e. The van der Waals surface area contributed by atoms with Crippen molar-refractivity contribution < 1.29 is 14.2 Å². The van der Waals surface area contributed by atoms with Gasteiger partial charge in [0.2, 0.25) is 0 Å². The Kier molecular flexibility index (Phi) is 3.55. The van der Waals surface area contributed by atoms with E-state index in [9.17, 15) is 9.50 Å². The van der Waals surface area contributed by atoms with Gasteiger partial charge in [-0.05, 0) is 43.2 Å². The number of fused-ring (bicyclic) bond motifs is 1. The zero-order chi connectivity index (χ0) is 15.0. The summed E-state index contributed by atoms with van der Waals surface area (Å²) in [7, 11) is 1.59. The van der Waals surface area contributed by atoms with Gasteiger partial charge in [0.25, 0.3) is 0 Å². The molecular formula is C17H18FNO2. The van der Waals surface area contributed by atoms with E-state index in [2.05, 4.69) is 0 Å². The Morgan fingerprint density at radius 3 is 2.76 bits per heavy atom. The lowest BCUT2D eigenvalue weighted by atomic mass is 10.1. The minimum Gasteiger partial charge on any atom is -0.496 e. The molecule has 1 aliphatic heterocycles. The molecule has 0 spiro atoms. The average molecular weight is 287 g/mol. The Balaban J connectivity index is 2.13. The summed E-state index contributed by atoms with van der Waals surface area (Å²) in [6.07, 6.45) is 0.209. The third-order valence-corrected chi connectivity index (χ3v) is 3.91. The molecule has 3 nitrogen and oxygen atoms in total. The summed E-state index contributed by atoms with van der Waals surface area (Å²) in [6, 6.07) is 10.5. The van der Waals surface area contributed by atoms with Crippen molar-refractivity contribution in [2.75, 3.05) is 18.6 Å². The number of methoxy groups -OCH3 is 1. The summed E-state index contributed by atoms with van der Waals surface area (Å²) in [5.74, 6) is 0.398. The summed E-state index contributed by atoms with van der Waals surface area (Å²) in [4.78, 5) is 2.04. The van der Waals surface area contributed by atoms with Gasteiger partial charge >= 0.3 is 0 Å². The maximum Gasteiger partial charge on any atom is 0.126 e. The third kappa shape index (κ3) is 2.36. The molecule has 1 atom stereocenters. The van der Waals surface area contributed by atoms with Crippen LogP contribution in [0.2, 0.25) is 0 Å². The van der Waals surface area contributed by atoms with Crippen LogP contribution < -0.4 is 9.64 Å². The SMILES string of the molecule is COc1cccc(N2CCc3ccc(F)cc32)c1C(C)O. The number of nitrogens with zero attached hydrogens (tertiary/aromatic N) is 1. The number of aliphatic hydroxyl groups is 1. The molecule has 0 amide bonds. The van der Waals surface area contributed by atoms with Crippen LogP contribution in [0.1, 0.15) is 24.2 Å². The third-order valence-electron chi connectivity index (χ3n) is 3.91. The van der Waals surface area contributed by atoms with E-state index >= 15 is 0 Å². The molecule has 0 saturated carbocycles. The molecule has 2 aromatic carbocycles. The van der Waals surface area contributed by atoms with Crippen molar-refractivity contribution in [3.63, 3.8) is 0 Å². The van der Waals surface area contributed by atoms with E-state index in [1.165, 1.54) is 6.07 Å². The molecular weight excluding hydrogens is 269 g/mol. The predicted molar refractivity (Wildman–Crippen MR) is 80.7 cm³/mol. The van der Waals surface area contributed by atoms with Crippen LogP contribution in [-0.4, -0.2) is 18.8 Å². The molecule has 1 heterocycles. The fraction of sp³-hybridized carbons (Fsp3) is 0.294. The van der Waals surface area contributed by atoms with Crippen LogP contribution in [0.15, 0.2) is 36.4 Å². The van der Waals surface area contributed by atoms with Gasteiger partial charge in [-0.1, -0.05) is 12.1 Å². The summed E-state index contributed by atoms with van der Waals surface area (Å²) in [5.41, 5.74) is 3.59. The maximum atomic E-state index is 13.6. The molecule has 110 valence electrons. The molecule has 3 rings (SSSR count). The van der Waals surface area contributed by atoms with E-state index in [0.29, 0.717) is 5.75 Å². The molecule has 0 bridgehead atoms. The summed E-state index contributed by atoms with van der Waals surface area (Å²) in [6.45, 7) is 2.48. The minimum absolute atomic E-state index is 0.248. The maximum absolute atomic E-state index is 13.6. The Hall–Kier alpha value is -2.07. The zero-order valence-electron chi connectivity index (χ0n) is 12.1. The molecule has 2 aromatic rings. The fourth-order valence-electron chi connectivity index (χ4n) is 2.97. The number of halogens is 1. The lowest BCUT2D eigenvalue weighted by molar-refractivity contribution is 0.195.